The molecule has 0 saturated heterocycles. The Balaban J connectivity index is 2.26. The summed E-state index contributed by atoms with van der Waals surface area (Å²) in [6, 6.07) is 13.2. The zero-order chi connectivity index (χ0) is 11.7. The fourth-order valence-electron chi connectivity index (χ4n) is 1.81. The minimum atomic E-state index is 0.210. The Morgan fingerprint density at radius 3 is 2.65 bits per heavy atom. The van der Waals surface area contributed by atoms with Crippen LogP contribution in [0.5, 0.6) is 5.75 Å². The summed E-state index contributed by atoms with van der Waals surface area (Å²) in [5, 5.41) is 10.6. The highest BCUT2D eigenvalue weighted by Crippen LogP contribution is 2.27. The van der Waals surface area contributed by atoms with E-state index in [0.717, 1.165) is 16.8 Å². The molecule has 0 atom stereocenters. The molecular weight excluding hydrogens is 212 g/mol. The lowest BCUT2D eigenvalue weighted by Gasteiger charge is -2.04. The van der Waals surface area contributed by atoms with Crippen molar-refractivity contribution in [1.82, 2.24) is 9.97 Å². The van der Waals surface area contributed by atoms with E-state index in [9.17, 15) is 5.11 Å². The van der Waals surface area contributed by atoms with Crippen LogP contribution in [0.4, 0.5) is 0 Å². The average molecular weight is 222 g/mol. The van der Waals surface area contributed by atoms with E-state index in [1.807, 2.05) is 30.3 Å². The Kier molecular flexibility index (Phi) is 2.22. The molecule has 1 N–H and O–H groups in total. The highest BCUT2D eigenvalue weighted by atomic mass is 16.3. The number of pyridine rings is 2. The lowest BCUT2D eigenvalue weighted by Crippen LogP contribution is -1.86. The monoisotopic (exact) mass is 222 g/mol. The van der Waals surface area contributed by atoms with Gasteiger partial charge in [-0.3, -0.25) is 4.98 Å². The van der Waals surface area contributed by atoms with Crippen molar-refractivity contribution in [2.45, 2.75) is 0 Å². The second-order valence-corrected chi connectivity index (χ2v) is 3.79. The quantitative estimate of drug-likeness (QED) is 0.688. The van der Waals surface area contributed by atoms with Crippen LogP contribution in [0, 0.1) is 0 Å². The van der Waals surface area contributed by atoms with E-state index < -0.39 is 0 Å². The van der Waals surface area contributed by atoms with Crippen molar-refractivity contribution in [2.24, 2.45) is 0 Å². The first kappa shape index (κ1) is 9.78. The summed E-state index contributed by atoms with van der Waals surface area (Å²) in [5.74, 6) is 0.210. The molecule has 3 aromatic rings. The largest absolute Gasteiger partial charge is 0.507 e. The highest BCUT2D eigenvalue weighted by molar-refractivity contribution is 5.86. The van der Waals surface area contributed by atoms with Crippen molar-refractivity contribution >= 4 is 10.9 Å². The van der Waals surface area contributed by atoms with Crippen LogP contribution in [0.2, 0.25) is 0 Å². The van der Waals surface area contributed by atoms with Gasteiger partial charge in [0.15, 0.2) is 0 Å². The van der Waals surface area contributed by atoms with Crippen LogP contribution in [0.15, 0.2) is 54.9 Å². The lowest BCUT2D eigenvalue weighted by atomic mass is 10.1. The SMILES string of the molecule is Oc1cc(-c2ccccc2)nc2ccncc12. The molecule has 2 aromatic heterocycles. The van der Waals surface area contributed by atoms with E-state index in [2.05, 4.69) is 9.97 Å². The van der Waals surface area contributed by atoms with Gasteiger partial charge in [0.05, 0.1) is 16.6 Å². The summed E-state index contributed by atoms with van der Waals surface area (Å²) < 4.78 is 0. The van der Waals surface area contributed by atoms with Crippen molar-refractivity contribution in [2.75, 3.05) is 0 Å². The van der Waals surface area contributed by atoms with Gasteiger partial charge in [-0.15, -0.1) is 0 Å². The second kappa shape index (κ2) is 3.87. The Labute approximate surface area is 98.4 Å². The molecule has 0 amide bonds. The standard InChI is InChI=1S/C14H10N2O/c17-14-8-13(10-4-2-1-3-5-10)16-12-6-7-15-9-11(12)14/h1-9H,(H,16,17). The molecule has 17 heavy (non-hydrogen) atoms. The molecule has 0 bridgehead atoms. The maximum absolute atomic E-state index is 9.93. The van der Waals surface area contributed by atoms with Crippen LogP contribution in [0.1, 0.15) is 0 Å². The topological polar surface area (TPSA) is 46.0 Å². The van der Waals surface area contributed by atoms with E-state index >= 15 is 0 Å². The average Bonchev–Trinajstić information content (AvgIpc) is 2.40. The van der Waals surface area contributed by atoms with Gasteiger partial charge in [0.1, 0.15) is 5.75 Å². The maximum atomic E-state index is 9.93. The first-order chi connectivity index (χ1) is 8.34. The van der Waals surface area contributed by atoms with Gasteiger partial charge >= 0.3 is 0 Å². The Morgan fingerprint density at radius 2 is 1.82 bits per heavy atom. The molecule has 1 aromatic carbocycles. The Bertz CT molecular complexity index is 665. The number of aromatic nitrogens is 2. The maximum Gasteiger partial charge on any atom is 0.128 e. The minimum Gasteiger partial charge on any atom is -0.507 e. The summed E-state index contributed by atoms with van der Waals surface area (Å²) in [6.45, 7) is 0. The molecule has 3 nitrogen and oxygen atoms in total. The van der Waals surface area contributed by atoms with Crippen molar-refractivity contribution in [3.63, 3.8) is 0 Å². The van der Waals surface area contributed by atoms with E-state index in [4.69, 9.17) is 0 Å². The molecule has 0 spiro atoms. The minimum absolute atomic E-state index is 0.210. The summed E-state index contributed by atoms with van der Waals surface area (Å²) in [6.07, 6.45) is 3.29. The molecule has 3 heteroatoms. The number of hydrogen-bond donors (Lipinski definition) is 1. The smallest absolute Gasteiger partial charge is 0.128 e. The molecule has 3 rings (SSSR count). The fourth-order valence-corrected chi connectivity index (χ4v) is 1.81. The summed E-state index contributed by atoms with van der Waals surface area (Å²) in [5.41, 5.74) is 2.50. The number of benzene rings is 1. The predicted molar refractivity (Wildman–Crippen MR) is 66.6 cm³/mol. The third-order valence-corrected chi connectivity index (χ3v) is 2.66. The van der Waals surface area contributed by atoms with Crippen molar-refractivity contribution < 1.29 is 5.11 Å². The van der Waals surface area contributed by atoms with Crippen LogP contribution >= 0.6 is 0 Å². The van der Waals surface area contributed by atoms with Gasteiger partial charge in [-0.25, -0.2) is 4.98 Å². The second-order valence-electron chi connectivity index (χ2n) is 3.79. The third-order valence-electron chi connectivity index (χ3n) is 2.66. The van der Waals surface area contributed by atoms with Gasteiger partial charge in [0.25, 0.3) is 0 Å². The zero-order valence-corrected chi connectivity index (χ0v) is 9.04. The van der Waals surface area contributed by atoms with Crippen LogP contribution in [-0.4, -0.2) is 15.1 Å². The van der Waals surface area contributed by atoms with E-state index in [1.165, 1.54) is 0 Å². The lowest BCUT2D eigenvalue weighted by molar-refractivity contribution is 0.481. The normalized spacial score (nSPS) is 10.6. The number of nitrogens with zero attached hydrogens (tertiary/aromatic N) is 2. The Morgan fingerprint density at radius 1 is 1.00 bits per heavy atom. The van der Waals surface area contributed by atoms with Crippen LogP contribution < -0.4 is 0 Å². The molecule has 82 valence electrons. The fraction of sp³-hybridized carbons (Fsp3) is 0. The molecule has 0 radical (unpaired) electrons. The first-order valence-electron chi connectivity index (χ1n) is 5.34. The van der Waals surface area contributed by atoms with Crippen LogP contribution in [0.25, 0.3) is 22.2 Å². The van der Waals surface area contributed by atoms with E-state index in [0.29, 0.717) is 5.39 Å². The number of rotatable bonds is 1. The summed E-state index contributed by atoms with van der Waals surface area (Å²) in [7, 11) is 0. The van der Waals surface area contributed by atoms with Crippen molar-refractivity contribution in [3.05, 3.63) is 54.9 Å². The summed E-state index contributed by atoms with van der Waals surface area (Å²) >= 11 is 0. The van der Waals surface area contributed by atoms with Gasteiger partial charge in [-0.1, -0.05) is 30.3 Å². The molecule has 0 saturated carbocycles. The molecular formula is C14H10N2O. The molecule has 0 unspecified atom stereocenters. The van der Waals surface area contributed by atoms with Gasteiger partial charge in [0, 0.05) is 24.0 Å². The first-order valence-corrected chi connectivity index (χ1v) is 5.34. The van der Waals surface area contributed by atoms with E-state index in [1.54, 1.807) is 24.5 Å². The van der Waals surface area contributed by atoms with Crippen LogP contribution in [0.3, 0.4) is 0 Å². The molecule has 0 aliphatic rings. The summed E-state index contributed by atoms with van der Waals surface area (Å²) in [4.78, 5) is 8.48. The van der Waals surface area contributed by atoms with Crippen molar-refractivity contribution in [3.8, 4) is 17.0 Å². The molecule has 0 aliphatic carbocycles. The van der Waals surface area contributed by atoms with Gasteiger partial charge in [0.2, 0.25) is 0 Å². The number of aromatic hydroxyl groups is 1. The molecule has 0 aliphatic heterocycles. The number of hydrogen-bond acceptors (Lipinski definition) is 3. The number of fused-ring (bicyclic) bond motifs is 1. The van der Waals surface area contributed by atoms with Gasteiger partial charge < -0.3 is 5.11 Å². The van der Waals surface area contributed by atoms with Gasteiger partial charge in [-0.2, -0.15) is 0 Å². The van der Waals surface area contributed by atoms with Gasteiger partial charge in [-0.05, 0) is 6.07 Å². The van der Waals surface area contributed by atoms with Crippen LogP contribution in [-0.2, 0) is 0 Å². The van der Waals surface area contributed by atoms with E-state index in [-0.39, 0.29) is 5.75 Å². The predicted octanol–water partition coefficient (Wildman–Crippen LogP) is 3.00. The third kappa shape index (κ3) is 1.72. The molecule has 2 heterocycles. The highest BCUT2D eigenvalue weighted by Gasteiger charge is 2.05. The van der Waals surface area contributed by atoms with Crippen molar-refractivity contribution in [1.29, 1.82) is 0 Å². The molecule has 0 fully saturated rings. The Hall–Kier alpha value is -2.42. The zero-order valence-electron chi connectivity index (χ0n) is 9.04.